The second kappa shape index (κ2) is 3.82. The topological polar surface area (TPSA) is 15.6 Å². The first-order chi connectivity index (χ1) is 6.77. The van der Waals surface area contributed by atoms with Gasteiger partial charge in [-0.25, -0.2) is 0 Å². The van der Waals surface area contributed by atoms with Gasteiger partial charge in [0.1, 0.15) is 0 Å². The van der Waals surface area contributed by atoms with Crippen molar-refractivity contribution in [3.05, 3.63) is 35.9 Å². The second-order valence-corrected chi connectivity index (χ2v) is 4.05. The van der Waals surface area contributed by atoms with Crippen molar-refractivity contribution >= 4 is 6.34 Å². The van der Waals surface area contributed by atoms with Crippen LogP contribution in [0.1, 0.15) is 17.9 Å². The highest BCUT2D eigenvalue weighted by molar-refractivity contribution is 5.55. The summed E-state index contributed by atoms with van der Waals surface area (Å²) in [4.78, 5) is 6.48. The lowest BCUT2D eigenvalue weighted by Gasteiger charge is -2.01. The van der Waals surface area contributed by atoms with E-state index in [0.29, 0.717) is 12.0 Å². The Balaban J connectivity index is 1.94. The van der Waals surface area contributed by atoms with Gasteiger partial charge >= 0.3 is 0 Å². The number of hydrogen-bond acceptors (Lipinski definition) is 1. The molecule has 74 valence electrons. The molecule has 0 radical (unpaired) electrons. The highest BCUT2D eigenvalue weighted by Gasteiger charge is 2.37. The van der Waals surface area contributed by atoms with Crippen molar-refractivity contribution in [2.24, 2.45) is 4.99 Å². The normalized spacial score (nSPS) is 25.3. The Morgan fingerprint density at radius 3 is 2.64 bits per heavy atom. The van der Waals surface area contributed by atoms with Crippen LogP contribution in [0, 0.1) is 0 Å². The first kappa shape index (κ1) is 9.25. The Morgan fingerprint density at radius 1 is 1.29 bits per heavy atom. The van der Waals surface area contributed by atoms with Gasteiger partial charge in [-0.2, -0.15) is 0 Å². The van der Waals surface area contributed by atoms with Gasteiger partial charge < -0.3 is 4.90 Å². The van der Waals surface area contributed by atoms with Crippen LogP contribution in [0.5, 0.6) is 0 Å². The minimum absolute atomic E-state index is 0.514. The van der Waals surface area contributed by atoms with Gasteiger partial charge in [-0.1, -0.05) is 30.3 Å². The lowest BCUT2D eigenvalue weighted by atomic mass is 10.1. The molecule has 1 saturated carbocycles. The van der Waals surface area contributed by atoms with Gasteiger partial charge in [0.15, 0.2) is 0 Å². The smallest absolute Gasteiger partial charge is 0.0848 e. The monoisotopic (exact) mass is 188 g/mol. The average molecular weight is 188 g/mol. The summed E-state index contributed by atoms with van der Waals surface area (Å²) in [5.74, 6) is 0.660. The highest BCUT2D eigenvalue weighted by Crippen LogP contribution is 2.43. The fraction of sp³-hybridized carbons (Fsp3) is 0.417. The third-order valence-corrected chi connectivity index (χ3v) is 2.47. The van der Waals surface area contributed by atoms with Gasteiger partial charge in [0.2, 0.25) is 0 Å². The molecule has 2 atom stereocenters. The van der Waals surface area contributed by atoms with E-state index in [4.69, 9.17) is 0 Å². The number of hydrogen-bond donors (Lipinski definition) is 0. The van der Waals surface area contributed by atoms with Crippen LogP contribution in [-0.4, -0.2) is 31.4 Å². The van der Waals surface area contributed by atoms with Crippen molar-refractivity contribution in [2.75, 3.05) is 14.1 Å². The molecule has 0 aliphatic heterocycles. The van der Waals surface area contributed by atoms with Crippen molar-refractivity contribution in [3.8, 4) is 0 Å². The van der Waals surface area contributed by atoms with E-state index in [9.17, 15) is 0 Å². The molecule has 0 heterocycles. The minimum atomic E-state index is 0.514. The fourth-order valence-corrected chi connectivity index (χ4v) is 1.62. The Morgan fingerprint density at radius 2 is 2.00 bits per heavy atom. The fourth-order valence-electron chi connectivity index (χ4n) is 1.62. The maximum absolute atomic E-state index is 4.49. The SMILES string of the molecule is CN(C)C=N[C@H]1C[C@H]1c1ccccc1. The predicted molar refractivity (Wildman–Crippen MR) is 59.8 cm³/mol. The van der Waals surface area contributed by atoms with Crippen LogP contribution in [0.15, 0.2) is 35.3 Å². The van der Waals surface area contributed by atoms with E-state index >= 15 is 0 Å². The first-order valence-electron chi connectivity index (χ1n) is 5.02. The van der Waals surface area contributed by atoms with Gasteiger partial charge in [-0.05, 0) is 12.0 Å². The average Bonchev–Trinajstić information content (AvgIpc) is 2.95. The van der Waals surface area contributed by atoms with Crippen LogP contribution in [0.3, 0.4) is 0 Å². The molecule has 1 aliphatic rings. The summed E-state index contributed by atoms with van der Waals surface area (Å²) < 4.78 is 0. The molecule has 1 aromatic rings. The Hall–Kier alpha value is -1.31. The summed E-state index contributed by atoms with van der Waals surface area (Å²) in [7, 11) is 4.01. The van der Waals surface area contributed by atoms with E-state index in [0.717, 1.165) is 0 Å². The molecule has 0 aromatic heterocycles. The van der Waals surface area contributed by atoms with E-state index in [-0.39, 0.29) is 0 Å². The third kappa shape index (κ3) is 2.13. The molecule has 1 fully saturated rings. The van der Waals surface area contributed by atoms with Crippen molar-refractivity contribution in [1.29, 1.82) is 0 Å². The predicted octanol–water partition coefficient (Wildman–Crippen LogP) is 2.13. The molecule has 0 spiro atoms. The summed E-state index contributed by atoms with van der Waals surface area (Å²) >= 11 is 0. The maximum atomic E-state index is 4.49. The zero-order chi connectivity index (χ0) is 9.97. The standard InChI is InChI=1S/C12H16N2/c1-14(2)9-13-12-8-11(12)10-6-4-3-5-7-10/h3-7,9,11-12H,8H2,1-2H3/t11-,12-/m0/s1. The van der Waals surface area contributed by atoms with Crippen LogP contribution in [-0.2, 0) is 0 Å². The quantitative estimate of drug-likeness (QED) is 0.524. The van der Waals surface area contributed by atoms with Gasteiger partial charge in [0.05, 0.1) is 12.4 Å². The maximum Gasteiger partial charge on any atom is 0.0848 e. The van der Waals surface area contributed by atoms with E-state index in [1.54, 1.807) is 0 Å². The third-order valence-electron chi connectivity index (χ3n) is 2.47. The van der Waals surface area contributed by atoms with Crippen LogP contribution < -0.4 is 0 Å². The Labute approximate surface area is 85.3 Å². The molecule has 2 rings (SSSR count). The second-order valence-electron chi connectivity index (χ2n) is 4.05. The zero-order valence-electron chi connectivity index (χ0n) is 8.72. The summed E-state index contributed by atoms with van der Waals surface area (Å²) in [5.41, 5.74) is 1.42. The van der Waals surface area contributed by atoms with Crippen LogP contribution in [0.4, 0.5) is 0 Å². The molecular weight excluding hydrogens is 172 g/mol. The zero-order valence-corrected chi connectivity index (χ0v) is 8.72. The van der Waals surface area contributed by atoms with E-state index in [1.807, 2.05) is 25.3 Å². The van der Waals surface area contributed by atoms with Crippen molar-refractivity contribution in [2.45, 2.75) is 18.4 Å². The van der Waals surface area contributed by atoms with E-state index < -0.39 is 0 Å². The van der Waals surface area contributed by atoms with Gasteiger partial charge in [0, 0.05) is 20.0 Å². The van der Waals surface area contributed by atoms with Crippen molar-refractivity contribution in [1.82, 2.24) is 4.90 Å². The summed E-state index contributed by atoms with van der Waals surface area (Å²) in [5, 5.41) is 0. The lowest BCUT2D eigenvalue weighted by Crippen LogP contribution is -2.08. The highest BCUT2D eigenvalue weighted by atomic mass is 15.1. The minimum Gasteiger partial charge on any atom is -0.369 e. The molecule has 2 nitrogen and oxygen atoms in total. The Kier molecular flexibility index (Phi) is 2.53. The summed E-state index contributed by atoms with van der Waals surface area (Å²) in [6, 6.07) is 11.1. The van der Waals surface area contributed by atoms with Crippen molar-refractivity contribution in [3.63, 3.8) is 0 Å². The number of nitrogens with zero attached hydrogens (tertiary/aromatic N) is 2. The van der Waals surface area contributed by atoms with Gasteiger partial charge in [-0.15, -0.1) is 0 Å². The van der Waals surface area contributed by atoms with Crippen molar-refractivity contribution < 1.29 is 0 Å². The van der Waals surface area contributed by atoms with E-state index in [1.165, 1.54) is 12.0 Å². The largest absolute Gasteiger partial charge is 0.369 e. The number of aliphatic imine (C=N–C) groups is 1. The van der Waals surface area contributed by atoms with Crippen LogP contribution in [0.2, 0.25) is 0 Å². The molecule has 0 N–H and O–H groups in total. The summed E-state index contributed by atoms with van der Waals surface area (Å²) in [6.45, 7) is 0. The number of benzene rings is 1. The molecule has 0 unspecified atom stereocenters. The number of rotatable bonds is 3. The summed E-state index contributed by atoms with van der Waals surface area (Å²) in [6.07, 6.45) is 3.11. The molecule has 0 amide bonds. The van der Waals surface area contributed by atoms with Gasteiger partial charge in [-0.3, -0.25) is 4.99 Å². The Bertz CT molecular complexity index is 316. The molecular formula is C12H16N2. The van der Waals surface area contributed by atoms with Gasteiger partial charge in [0.25, 0.3) is 0 Å². The molecule has 14 heavy (non-hydrogen) atoms. The first-order valence-corrected chi connectivity index (χ1v) is 5.02. The molecule has 0 bridgehead atoms. The molecule has 2 heteroatoms. The molecule has 1 aromatic carbocycles. The lowest BCUT2D eigenvalue weighted by molar-refractivity contribution is 0.638. The van der Waals surface area contributed by atoms with Crippen LogP contribution >= 0.6 is 0 Å². The van der Waals surface area contributed by atoms with Crippen LogP contribution in [0.25, 0.3) is 0 Å². The molecule has 0 saturated heterocycles. The molecule has 1 aliphatic carbocycles. The van der Waals surface area contributed by atoms with E-state index in [2.05, 4.69) is 35.3 Å².